The molecule has 1 fully saturated rings. The molecule has 0 spiro atoms. The molecule has 0 radical (unpaired) electrons. The molecular formula is C16H19ClN4. The molecule has 0 amide bonds. The van der Waals surface area contributed by atoms with E-state index in [-0.39, 0.29) is 0 Å². The molecule has 0 saturated carbocycles. The topological polar surface area (TPSA) is 41.1 Å². The van der Waals surface area contributed by atoms with E-state index < -0.39 is 0 Å². The molecule has 0 aliphatic carbocycles. The van der Waals surface area contributed by atoms with Gasteiger partial charge in [0.15, 0.2) is 0 Å². The number of hydrogen-bond donors (Lipinski definition) is 1. The van der Waals surface area contributed by atoms with E-state index in [0.29, 0.717) is 6.54 Å². The van der Waals surface area contributed by atoms with Crippen molar-refractivity contribution in [1.82, 2.24) is 9.97 Å². The Balaban J connectivity index is 1.67. The molecule has 2 heterocycles. The highest BCUT2D eigenvalue weighted by molar-refractivity contribution is 6.31. The molecular weight excluding hydrogens is 284 g/mol. The first-order chi connectivity index (χ1) is 10.3. The van der Waals surface area contributed by atoms with Crippen LogP contribution in [0.25, 0.3) is 0 Å². The molecule has 5 heteroatoms. The molecule has 3 rings (SSSR count). The normalized spacial score (nSPS) is 15.0. The van der Waals surface area contributed by atoms with E-state index in [2.05, 4.69) is 20.2 Å². The molecule has 1 aromatic heterocycles. The van der Waals surface area contributed by atoms with Gasteiger partial charge in [0.25, 0.3) is 0 Å². The highest BCUT2D eigenvalue weighted by Crippen LogP contribution is 2.19. The van der Waals surface area contributed by atoms with Crippen molar-refractivity contribution in [3.05, 3.63) is 47.1 Å². The summed E-state index contributed by atoms with van der Waals surface area (Å²) in [7, 11) is 0. The van der Waals surface area contributed by atoms with E-state index in [1.165, 1.54) is 19.3 Å². The van der Waals surface area contributed by atoms with E-state index in [0.717, 1.165) is 35.4 Å². The smallest absolute Gasteiger partial charge is 0.227 e. The lowest BCUT2D eigenvalue weighted by Crippen LogP contribution is -2.31. The molecule has 1 aliphatic heterocycles. The van der Waals surface area contributed by atoms with Gasteiger partial charge in [0.1, 0.15) is 5.82 Å². The van der Waals surface area contributed by atoms with Gasteiger partial charge in [0.05, 0.1) is 0 Å². The van der Waals surface area contributed by atoms with E-state index in [1.807, 2.05) is 36.5 Å². The minimum atomic E-state index is 0.663. The summed E-state index contributed by atoms with van der Waals surface area (Å²) < 4.78 is 0. The van der Waals surface area contributed by atoms with Crippen molar-refractivity contribution in [3.63, 3.8) is 0 Å². The molecule has 1 aliphatic rings. The summed E-state index contributed by atoms with van der Waals surface area (Å²) in [6.45, 7) is 2.76. The van der Waals surface area contributed by atoms with Crippen molar-refractivity contribution in [2.24, 2.45) is 0 Å². The van der Waals surface area contributed by atoms with Crippen molar-refractivity contribution in [3.8, 4) is 0 Å². The van der Waals surface area contributed by atoms with Crippen LogP contribution in [0, 0.1) is 0 Å². The second-order valence-corrected chi connectivity index (χ2v) is 5.64. The number of nitrogens with one attached hydrogen (secondary N) is 1. The quantitative estimate of drug-likeness (QED) is 0.934. The van der Waals surface area contributed by atoms with Crippen LogP contribution in [0.3, 0.4) is 0 Å². The van der Waals surface area contributed by atoms with Gasteiger partial charge in [-0.25, -0.2) is 4.98 Å². The molecule has 21 heavy (non-hydrogen) atoms. The SMILES string of the molecule is Clc1ccccc1CNc1ccnc(N2CCCCC2)n1. The molecule has 0 bridgehead atoms. The highest BCUT2D eigenvalue weighted by atomic mass is 35.5. The van der Waals surface area contributed by atoms with Crippen LogP contribution in [-0.2, 0) is 6.54 Å². The predicted octanol–water partition coefficient (Wildman–Crippen LogP) is 3.73. The van der Waals surface area contributed by atoms with Gasteiger partial charge in [-0.2, -0.15) is 4.98 Å². The maximum absolute atomic E-state index is 6.16. The molecule has 0 unspecified atom stereocenters. The fourth-order valence-electron chi connectivity index (χ4n) is 2.52. The monoisotopic (exact) mass is 302 g/mol. The zero-order chi connectivity index (χ0) is 14.5. The number of benzene rings is 1. The fraction of sp³-hybridized carbons (Fsp3) is 0.375. The molecule has 4 nitrogen and oxygen atoms in total. The number of halogens is 1. The van der Waals surface area contributed by atoms with Gasteiger partial charge in [-0.15, -0.1) is 0 Å². The average molecular weight is 303 g/mol. The van der Waals surface area contributed by atoms with Crippen molar-refractivity contribution >= 4 is 23.4 Å². The number of anilines is 2. The summed E-state index contributed by atoms with van der Waals surface area (Å²) in [6.07, 6.45) is 5.56. The van der Waals surface area contributed by atoms with E-state index in [4.69, 9.17) is 11.6 Å². The third-order valence-corrected chi connectivity index (χ3v) is 4.07. The Labute approximate surface area is 130 Å². The first kappa shape index (κ1) is 14.1. The molecule has 110 valence electrons. The van der Waals surface area contributed by atoms with Gasteiger partial charge in [-0.05, 0) is 37.0 Å². The highest BCUT2D eigenvalue weighted by Gasteiger charge is 2.13. The minimum Gasteiger partial charge on any atom is -0.366 e. The number of aromatic nitrogens is 2. The summed E-state index contributed by atoms with van der Waals surface area (Å²) in [6, 6.07) is 9.73. The molecule has 1 aromatic carbocycles. The lowest BCUT2D eigenvalue weighted by molar-refractivity contribution is 0.568. The van der Waals surface area contributed by atoms with Gasteiger partial charge in [0, 0.05) is 30.9 Å². The Morgan fingerprint density at radius 3 is 2.71 bits per heavy atom. The van der Waals surface area contributed by atoms with Gasteiger partial charge in [-0.1, -0.05) is 29.8 Å². The first-order valence-corrected chi connectivity index (χ1v) is 7.76. The Kier molecular flexibility index (Phi) is 4.55. The van der Waals surface area contributed by atoms with Crippen LogP contribution in [0.1, 0.15) is 24.8 Å². The average Bonchev–Trinajstić information content (AvgIpc) is 2.55. The largest absolute Gasteiger partial charge is 0.366 e. The summed E-state index contributed by atoms with van der Waals surface area (Å²) in [5, 5.41) is 4.09. The van der Waals surface area contributed by atoms with Crippen LogP contribution in [0.5, 0.6) is 0 Å². The standard InChI is InChI=1S/C16H19ClN4/c17-14-7-3-2-6-13(14)12-19-15-8-9-18-16(20-15)21-10-4-1-5-11-21/h2-3,6-9H,1,4-5,10-12H2,(H,18,19,20). The first-order valence-electron chi connectivity index (χ1n) is 7.38. The van der Waals surface area contributed by atoms with Crippen molar-refractivity contribution < 1.29 is 0 Å². The second kappa shape index (κ2) is 6.76. The molecule has 1 N–H and O–H groups in total. The van der Waals surface area contributed by atoms with Crippen molar-refractivity contribution in [2.75, 3.05) is 23.3 Å². The zero-order valence-corrected chi connectivity index (χ0v) is 12.7. The van der Waals surface area contributed by atoms with Crippen molar-refractivity contribution in [2.45, 2.75) is 25.8 Å². The van der Waals surface area contributed by atoms with E-state index >= 15 is 0 Å². The van der Waals surface area contributed by atoms with Crippen molar-refractivity contribution in [1.29, 1.82) is 0 Å². The Morgan fingerprint density at radius 2 is 1.90 bits per heavy atom. The van der Waals surface area contributed by atoms with Gasteiger partial charge in [0.2, 0.25) is 5.95 Å². The van der Waals surface area contributed by atoms with E-state index in [9.17, 15) is 0 Å². The van der Waals surface area contributed by atoms with Crippen LogP contribution in [0.2, 0.25) is 5.02 Å². The summed E-state index contributed by atoms with van der Waals surface area (Å²) in [4.78, 5) is 11.2. The Morgan fingerprint density at radius 1 is 1.10 bits per heavy atom. The van der Waals surface area contributed by atoms with Crippen LogP contribution >= 0.6 is 11.6 Å². The second-order valence-electron chi connectivity index (χ2n) is 5.23. The zero-order valence-electron chi connectivity index (χ0n) is 11.9. The summed E-state index contributed by atoms with van der Waals surface area (Å²) >= 11 is 6.16. The lowest BCUT2D eigenvalue weighted by atomic mass is 10.1. The lowest BCUT2D eigenvalue weighted by Gasteiger charge is -2.26. The van der Waals surface area contributed by atoms with E-state index in [1.54, 1.807) is 0 Å². The number of hydrogen-bond acceptors (Lipinski definition) is 4. The van der Waals surface area contributed by atoms with Crippen LogP contribution in [-0.4, -0.2) is 23.1 Å². The maximum Gasteiger partial charge on any atom is 0.227 e. The third kappa shape index (κ3) is 3.64. The summed E-state index contributed by atoms with van der Waals surface area (Å²) in [5.41, 5.74) is 1.07. The van der Waals surface area contributed by atoms with Gasteiger partial charge < -0.3 is 10.2 Å². The number of nitrogens with zero attached hydrogens (tertiary/aromatic N) is 3. The summed E-state index contributed by atoms with van der Waals surface area (Å²) in [5.74, 6) is 1.66. The molecule has 0 atom stereocenters. The predicted molar refractivity (Wildman–Crippen MR) is 86.9 cm³/mol. The Bertz CT molecular complexity index is 596. The van der Waals surface area contributed by atoms with Crippen LogP contribution in [0.4, 0.5) is 11.8 Å². The van der Waals surface area contributed by atoms with Gasteiger partial charge >= 0.3 is 0 Å². The fourth-order valence-corrected chi connectivity index (χ4v) is 2.72. The number of piperidine rings is 1. The van der Waals surface area contributed by atoms with Crippen LogP contribution < -0.4 is 10.2 Å². The Hall–Kier alpha value is -1.81. The minimum absolute atomic E-state index is 0.663. The molecule has 2 aromatic rings. The third-order valence-electron chi connectivity index (χ3n) is 3.70. The van der Waals surface area contributed by atoms with Crippen LogP contribution in [0.15, 0.2) is 36.5 Å². The number of rotatable bonds is 4. The van der Waals surface area contributed by atoms with Gasteiger partial charge in [-0.3, -0.25) is 0 Å². The maximum atomic E-state index is 6.16. The molecule has 1 saturated heterocycles.